The minimum absolute atomic E-state index is 0.123. The van der Waals surface area contributed by atoms with Gasteiger partial charge in [-0.25, -0.2) is 16.8 Å². The first kappa shape index (κ1) is 22.1. The van der Waals surface area contributed by atoms with E-state index in [1.807, 2.05) is 0 Å². The molecular weight excluding hydrogens is 400 g/mol. The van der Waals surface area contributed by atoms with Crippen molar-refractivity contribution in [3.05, 3.63) is 60.2 Å². The molecule has 1 amide bonds. The van der Waals surface area contributed by atoms with Gasteiger partial charge in [0.15, 0.2) is 9.84 Å². The molecule has 0 aromatic heterocycles. The van der Waals surface area contributed by atoms with Gasteiger partial charge >= 0.3 is 0 Å². The van der Waals surface area contributed by atoms with Gasteiger partial charge in [0.2, 0.25) is 15.9 Å². The van der Waals surface area contributed by atoms with Crippen molar-refractivity contribution in [2.75, 3.05) is 26.9 Å². The summed E-state index contributed by atoms with van der Waals surface area (Å²) >= 11 is 0. The number of sulfone groups is 1. The average molecular weight is 425 g/mol. The molecule has 1 unspecified atom stereocenters. The molecule has 9 heteroatoms. The topological polar surface area (TPSA) is 91.8 Å². The Hall–Kier alpha value is -2.23. The number of amides is 1. The number of likely N-dealkylation sites (N-methyl/N-ethyl adjacent to an activating group) is 2. The summed E-state index contributed by atoms with van der Waals surface area (Å²) in [5.41, 5.74) is 0.747. The number of nitrogens with zero attached hydrogens (tertiary/aromatic N) is 2. The van der Waals surface area contributed by atoms with Crippen LogP contribution in [-0.4, -0.2) is 58.8 Å². The highest BCUT2D eigenvalue weighted by Gasteiger charge is 2.26. The van der Waals surface area contributed by atoms with Crippen LogP contribution in [0.5, 0.6) is 0 Å². The lowest BCUT2D eigenvalue weighted by molar-refractivity contribution is -0.131. The Morgan fingerprint density at radius 2 is 1.43 bits per heavy atom. The maximum Gasteiger partial charge on any atom is 0.243 e. The first-order valence-corrected chi connectivity index (χ1v) is 11.8. The Labute approximate surface area is 166 Å². The third-order valence-electron chi connectivity index (χ3n) is 4.57. The average Bonchev–Trinajstić information content (AvgIpc) is 2.66. The molecule has 0 bridgehead atoms. The lowest BCUT2D eigenvalue weighted by Crippen LogP contribution is -2.40. The lowest BCUT2D eigenvalue weighted by Gasteiger charge is -2.27. The van der Waals surface area contributed by atoms with Crippen LogP contribution < -0.4 is 0 Å². The number of carbonyl (C=O) groups is 1. The summed E-state index contributed by atoms with van der Waals surface area (Å²) in [5.74, 6) is -0.373. The Kier molecular flexibility index (Phi) is 6.63. The molecule has 0 fully saturated rings. The van der Waals surface area contributed by atoms with Gasteiger partial charge in [-0.2, -0.15) is 4.31 Å². The van der Waals surface area contributed by atoms with Crippen molar-refractivity contribution in [2.24, 2.45) is 0 Å². The van der Waals surface area contributed by atoms with E-state index in [1.54, 1.807) is 44.3 Å². The van der Waals surface area contributed by atoms with Crippen molar-refractivity contribution in [3.63, 3.8) is 0 Å². The van der Waals surface area contributed by atoms with E-state index in [-0.39, 0.29) is 28.3 Å². The van der Waals surface area contributed by atoms with Crippen molar-refractivity contribution >= 4 is 25.8 Å². The van der Waals surface area contributed by atoms with Crippen LogP contribution in [0.25, 0.3) is 0 Å². The van der Waals surface area contributed by atoms with Gasteiger partial charge in [0.25, 0.3) is 0 Å². The van der Waals surface area contributed by atoms with Gasteiger partial charge in [0.05, 0.1) is 22.4 Å². The smallest absolute Gasteiger partial charge is 0.243 e. The number of sulfonamides is 1. The highest BCUT2D eigenvalue weighted by Crippen LogP contribution is 2.21. The van der Waals surface area contributed by atoms with E-state index in [0.29, 0.717) is 0 Å². The maximum atomic E-state index is 12.6. The van der Waals surface area contributed by atoms with E-state index in [1.165, 1.54) is 36.2 Å². The summed E-state index contributed by atoms with van der Waals surface area (Å²) < 4.78 is 49.3. The second-order valence-corrected chi connectivity index (χ2v) is 10.7. The number of carbonyl (C=O) groups excluding carboxylic acids is 1. The summed E-state index contributed by atoms with van der Waals surface area (Å²) in [4.78, 5) is 14.4. The summed E-state index contributed by atoms with van der Waals surface area (Å²) in [6, 6.07) is 13.8. The van der Waals surface area contributed by atoms with E-state index in [2.05, 4.69) is 0 Å². The van der Waals surface area contributed by atoms with Crippen LogP contribution in [0, 0.1) is 0 Å². The fourth-order valence-corrected chi connectivity index (χ4v) is 4.36. The lowest BCUT2D eigenvalue weighted by atomic mass is 10.1. The van der Waals surface area contributed by atoms with Crippen LogP contribution in [0.1, 0.15) is 18.5 Å². The zero-order valence-corrected chi connectivity index (χ0v) is 17.9. The van der Waals surface area contributed by atoms with Crippen molar-refractivity contribution in [2.45, 2.75) is 22.8 Å². The van der Waals surface area contributed by atoms with Crippen molar-refractivity contribution in [1.82, 2.24) is 9.21 Å². The molecule has 0 spiro atoms. The van der Waals surface area contributed by atoms with Crippen LogP contribution in [-0.2, 0) is 24.7 Å². The van der Waals surface area contributed by atoms with Crippen LogP contribution in [0.3, 0.4) is 0 Å². The SMILES string of the molecule is CC(c1ccc(S(C)(=O)=O)cc1)N(C)C(=O)CN(C)S(=O)(=O)c1ccccc1. The molecule has 2 rings (SSSR count). The van der Waals surface area contributed by atoms with Gasteiger partial charge in [0, 0.05) is 20.4 Å². The third kappa shape index (κ3) is 4.98. The van der Waals surface area contributed by atoms with Crippen LogP contribution in [0.2, 0.25) is 0 Å². The van der Waals surface area contributed by atoms with E-state index < -0.39 is 19.9 Å². The first-order valence-electron chi connectivity index (χ1n) is 8.51. The van der Waals surface area contributed by atoms with Crippen molar-refractivity contribution in [3.8, 4) is 0 Å². The molecule has 1 atom stereocenters. The Balaban J connectivity index is 2.11. The Bertz CT molecular complexity index is 1030. The van der Waals surface area contributed by atoms with Crippen molar-refractivity contribution < 1.29 is 21.6 Å². The minimum Gasteiger partial charge on any atom is -0.338 e. The molecule has 2 aromatic carbocycles. The van der Waals surface area contributed by atoms with E-state index in [4.69, 9.17) is 0 Å². The van der Waals surface area contributed by atoms with Crippen LogP contribution >= 0.6 is 0 Å². The molecule has 0 aliphatic carbocycles. The van der Waals surface area contributed by atoms with Gasteiger partial charge in [-0.1, -0.05) is 30.3 Å². The van der Waals surface area contributed by atoms with Crippen LogP contribution in [0.4, 0.5) is 0 Å². The third-order valence-corrected chi connectivity index (χ3v) is 7.52. The molecule has 0 saturated heterocycles. The fourth-order valence-electron chi connectivity index (χ4n) is 2.59. The summed E-state index contributed by atoms with van der Waals surface area (Å²) in [5, 5.41) is 0. The van der Waals surface area contributed by atoms with E-state index in [0.717, 1.165) is 16.1 Å². The minimum atomic E-state index is -3.76. The van der Waals surface area contributed by atoms with E-state index >= 15 is 0 Å². The molecule has 28 heavy (non-hydrogen) atoms. The zero-order valence-electron chi connectivity index (χ0n) is 16.2. The highest BCUT2D eigenvalue weighted by molar-refractivity contribution is 7.90. The molecule has 0 N–H and O–H groups in total. The van der Waals surface area contributed by atoms with Gasteiger partial charge < -0.3 is 4.90 Å². The van der Waals surface area contributed by atoms with Gasteiger partial charge in [-0.05, 0) is 36.8 Å². The van der Waals surface area contributed by atoms with Crippen LogP contribution in [0.15, 0.2) is 64.4 Å². The predicted molar refractivity (Wildman–Crippen MR) is 107 cm³/mol. The normalized spacial score (nSPS) is 13.3. The number of benzene rings is 2. The number of rotatable bonds is 7. The van der Waals surface area contributed by atoms with E-state index in [9.17, 15) is 21.6 Å². The largest absolute Gasteiger partial charge is 0.338 e. The Morgan fingerprint density at radius 3 is 1.93 bits per heavy atom. The first-order chi connectivity index (χ1) is 12.9. The van der Waals surface area contributed by atoms with Crippen molar-refractivity contribution in [1.29, 1.82) is 0 Å². The maximum absolute atomic E-state index is 12.6. The van der Waals surface area contributed by atoms with Gasteiger partial charge in [-0.15, -0.1) is 0 Å². The summed E-state index contributed by atoms with van der Waals surface area (Å²) in [7, 11) is -4.11. The highest BCUT2D eigenvalue weighted by atomic mass is 32.2. The quantitative estimate of drug-likeness (QED) is 0.677. The molecule has 152 valence electrons. The number of hydrogen-bond acceptors (Lipinski definition) is 5. The molecule has 0 radical (unpaired) electrons. The predicted octanol–water partition coefficient (Wildman–Crippen LogP) is 1.93. The molecule has 7 nitrogen and oxygen atoms in total. The summed E-state index contributed by atoms with van der Waals surface area (Å²) in [6.07, 6.45) is 1.13. The van der Waals surface area contributed by atoms with Gasteiger partial charge in [0.1, 0.15) is 0 Å². The fraction of sp³-hybridized carbons (Fsp3) is 0.316. The molecule has 0 heterocycles. The second-order valence-electron chi connectivity index (χ2n) is 6.60. The Morgan fingerprint density at radius 1 is 0.893 bits per heavy atom. The summed E-state index contributed by atoms with van der Waals surface area (Å²) in [6.45, 7) is 1.48. The second kappa shape index (κ2) is 8.42. The molecule has 2 aromatic rings. The monoisotopic (exact) mass is 424 g/mol. The standard InChI is InChI=1S/C19H24N2O5S2/c1-15(16-10-12-17(13-11-16)27(4,23)24)21(3)19(22)14-20(2)28(25,26)18-8-6-5-7-9-18/h5-13,15H,14H2,1-4H3. The number of hydrogen-bond donors (Lipinski definition) is 0. The molecule has 0 saturated carbocycles. The molecular formula is C19H24N2O5S2. The van der Waals surface area contributed by atoms with Gasteiger partial charge in [-0.3, -0.25) is 4.79 Å². The zero-order chi connectivity index (χ0) is 21.1. The molecule has 0 aliphatic heterocycles. The molecule has 0 aliphatic rings.